The van der Waals surface area contributed by atoms with Gasteiger partial charge in [-0.15, -0.1) is 0 Å². The van der Waals surface area contributed by atoms with Crippen LogP contribution in [0.15, 0.2) is 12.2 Å². The fourth-order valence-electron chi connectivity index (χ4n) is 1.84. The molecule has 0 saturated heterocycles. The Labute approximate surface area is 110 Å². The van der Waals surface area contributed by atoms with E-state index in [1.165, 1.54) is 19.3 Å². The summed E-state index contributed by atoms with van der Waals surface area (Å²) in [6, 6.07) is 0. The molecule has 0 aromatic carbocycles. The monoisotopic (exact) mass is 254 g/mol. The highest BCUT2D eigenvalue weighted by Crippen LogP contribution is 2.11. The Balaban J connectivity index is 3.14. The number of hydrogen-bond donors (Lipinski definition) is 1. The molecule has 0 heterocycles. The quantitative estimate of drug-likeness (QED) is 0.421. The van der Waals surface area contributed by atoms with E-state index in [4.69, 9.17) is 5.11 Å². The van der Waals surface area contributed by atoms with Crippen molar-refractivity contribution in [3.8, 4) is 0 Å². The van der Waals surface area contributed by atoms with Gasteiger partial charge in [0.2, 0.25) is 0 Å². The first-order chi connectivity index (χ1) is 8.54. The molecule has 0 spiro atoms. The maximum absolute atomic E-state index is 11.3. The molecule has 0 fully saturated rings. The molecule has 0 bridgehead atoms. The maximum atomic E-state index is 11.3. The largest absolute Gasteiger partial charge is 0.481 e. The molecule has 0 unspecified atom stereocenters. The second kappa shape index (κ2) is 11.0. The number of carboxylic acids is 1. The van der Waals surface area contributed by atoms with Gasteiger partial charge < -0.3 is 5.11 Å². The van der Waals surface area contributed by atoms with Gasteiger partial charge in [0.15, 0.2) is 5.78 Å². The number of ketones is 1. The van der Waals surface area contributed by atoms with E-state index in [0.717, 1.165) is 32.1 Å². The van der Waals surface area contributed by atoms with Crippen LogP contribution >= 0.6 is 0 Å². The van der Waals surface area contributed by atoms with E-state index in [1.54, 1.807) is 6.92 Å². The molecule has 0 aliphatic rings. The molecule has 0 rings (SSSR count). The van der Waals surface area contributed by atoms with Crippen LogP contribution in [0.4, 0.5) is 0 Å². The molecule has 0 aromatic heterocycles. The zero-order chi connectivity index (χ0) is 13.8. The summed E-state index contributed by atoms with van der Waals surface area (Å²) in [5, 5.41) is 8.46. The molecular formula is C15H26O3. The van der Waals surface area contributed by atoms with Gasteiger partial charge in [0.25, 0.3) is 0 Å². The molecule has 18 heavy (non-hydrogen) atoms. The Kier molecular flexibility index (Phi) is 10.3. The highest BCUT2D eigenvalue weighted by atomic mass is 16.4. The lowest BCUT2D eigenvalue weighted by Gasteiger charge is -2.02. The maximum Gasteiger partial charge on any atom is 0.303 e. The Hall–Kier alpha value is -1.12. The molecule has 1 N–H and O–H groups in total. The third-order valence-corrected chi connectivity index (χ3v) is 3.02. The summed E-state index contributed by atoms with van der Waals surface area (Å²) >= 11 is 0. The minimum absolute atomic E-state index is 0.184. The molecule has 0 aliphatic heterocycles. The summed E-state index contributed by atoms with van der Waals surface area (Å²) in [6.07, 6.45) is 9.46. The second-order valence-corrected chi connectivity index (χ2v) is 4.93. The number of unbranched alkanes of at least 4 members (excludes halogenated alkanes) is 7. The van der Waals surface area contributed by atoms with E-state index in [0.29, 0.717) is 18.4 Å². The van der Waals surface area contributed by atoms with Crippen molar-refractivity contribution in [3.05, 3.63) is 12.2 Å². The Morgan fingerprint density at radius 3 is 1.61 bits per heavy atom. The molecule has 0 saturated carbocycles. The summed E-state index contributed by atoms with van der Waals surface area (Å²) in [5.41, 5.74) is 0.661. The van der Waals surface area contributed by atoms with Crippen molar-refractivity contribution < 1.29 is 14.7 Å². The van der Waals surface area contributed by atoms with Crippen molar-refractivity contribution in [2.24, 2.45) is 0 Å². The van der Waals surface area contributed by atoms with E-state index >= 15 is 0 Å². The topological polar surface area (TPSA) is 54.4 Å². The Morgan fingerprint density at radius 1 is 0.833 bits per heavy atom. The van der Waals surface area contributed by atoms with Gasteiger partial charge in [-0.1, -0.05) is 45.1 Å². The van der Waals surface area contributed by atoms with Gasteiger partial charge in [0.05, 0.1) is 0 Å². The van der Waals surface area contributed by atoms with Crippen molar-refractivity contribution in [3.63, 3.8) is 0 Å². The lowest BCUT2D eigenvalue weighted by atomic mass is 10.0. The molecule has 0 radical (unpaired) electrons. The van der Waals surface area contributed by atoms with Crippen LogP contribution in [0.2, 0.25) is 0 Å². The zero-order valence-corrected chi connectivity index (χ0v) is 11.5. The van der Waals surface area contributed by atoms with E-state index in [9.17, 15) is 9.59 Å². The highest BCUT2D eigenvalue weighted by molar-refractivity contribution is 5.93. The van der Waals surface area contributed by atoms with Crippen LogP contribution in [-0.4, -0.2) is 16.9 Å². The summed E-state index contributed by atoms with van der Waals surface area (Å²) in [6.45, 7) is 5.40. The third-order valence-electron chi connectivity index (χ3n) is 3.02. The smallest absolute Gasteiger partial charge is 0.303 e. The van der Waals surface area contributed by atoms with Crippen LogP contribution in [0, 0.1) is 0 Å². The molecule has 104 valence electrons. The molecule has 0 aliphatic carbocycles. The summed E-state index contributed by atoms with van der Waals surface area (Å²) in [5.74, 6) is -0.513. The van der Waals surface area contributed by atoms with E-state index in [-0.39, 0.29) is 5.78 Å². The normalized spacial score (nSPS) is 10.3. The average molecular weight is 254 g/mol. The molecule has 0 aromatic rings. The number of carboxylic acid groups (broad SMARTS) is 1. The number of Topliss-reactive ketones (excluding diaryl/α,β-unsaturated/α-hetero) is 1. The summed E-state index contributed by atoms with van der Waals surface area (Å²) in [4.78, 5) is 21.5. The number of rotatable bonds is 12. The lowest BCUT2D eigenvalue weighted by molar-refractivity contribution is -0.137. The Morgan fingerprint density at radius 2 is 1.22 bits per heavy atom. The van der Waals surface area contributed by atoms with Gasteiger partial charge in [-0.2, -0.15) is 0 Å². The highest BCUT2D eigenvalue weighted by Gasteiger charge is 2.01. The first-order valence-corrected chi connectivity index (χ1v) is 6.94. The lowest BCUT2D eigenvalue weighted by Crippen LogP contribution is -1.97. The SMILES string of the molecule is C=C(C)C(=O)CCCCCCCCCCC(=O)O. The van der Waals surface area contributed by atoms with Gasteiger partial charge in [-0.25, -0.2) is 0 Å². The van der Waals surface area contributed by atoms with Crippen LogP contribution in [0.3, 0.4) is 0 Å². The summed E-state index contributed by atoms with van der Waals surface area (Å²) in [7, 11) is 0. The number of allylic oxidation sites excluding steroid dienone is 1. The van der Waals surface area contributed by atoms with Gasteiger partial charge in [0, 0.05) is 12.8 Å². The second-order valence-electron chi connectivity index (χ2n) is 4.93. The standard InChI is InChI=1S/C15H26O3/c1-13(2)14(16)11-9-7-5-3-4-6-8-10-12-15(17)18/h1,3-12H2,2H3,(H,17,18). The molecular weight excluding hydrogens is 228 g/mol. The Bertz CT molecular complexity index is 269. The van der Waals surface area contributed by atoms with Gasteiger partial charge in [0.1, 0.15) is 0 Å². The minimum atomic E-state index is -0.697. The predicted octanol–water partition coefficient (Wildman–Crippen LogP) is 4.12. The third kappa shape index (κ3) is 11.4. The van der Waals surface area contributed by atoms with Gasteiger partial charge in [-0.3, -0.25) is 9.59 Å². The average Bonchev–Trinajstić information content (AvgIpc) is 2.30. The fourth-order valence-corrected chi connectivity index (χ4v) is 1.84. The minimum Gasteiger partial charge on any atom is -0.481 e. The van der Waals surface area contributed by atoms with Crippen LogP contribution in [0.1, 0.15) is 71.1 Å². The van der Waals surface area contributed by atoms with Crippen LogP contribution in [0.25, 0.3) is 0 Å². The van der Waals surface area contributed by atoms with Crippen molar-refractivity contribution in [1.82, 2.24) is 0 Å². The molecule has 0 atom stereocenters. The van der Waals surface area contributed by atoms with Crippen LogP contribution in [0.5, 0.6) is 0 Å². The fraction of sp³-hybridized carbons (Fsp3) is 0.733. The first kappa shape index (κ1) is 16.9. The van der Waals surface area contributed by atoms with Gasteiger partial charge in [-0.05, 0) is 25.3 Å². The number of hydrogen-bond acceptors (Lipinski definition) is 2. The summed E-state index contributed by atoms with van der Waals surface area (Å²) < 4.78 is 0. The van der Waals surface area contributed by atoms with Crippen molar-refractivity contribution in [2.75, 3.05) is 0 Å². The first-order valence-electron chi connectivity index (χ1n) is 6.94. The van der Waals surface area contributed by atoms with Crippen molar-refractivity contribution in [2.45, 2.75) is 71.1 Å². The van der Waals surface area contributed by atoms with E-state index in [1.807, 2.05) is 0 Å². The molecule has 0 amide bonds. The van der Waals surface area contributed by atoms with Crippen LogP contribution < -0.4 is 0 Å². The molecule has 3 heteroatoms. The zero-order valence-electron chi connectivity index (χ0n) is 11.5. The molecule has 3 nitrogen and oxygen atoms in total. The van der Waals surface area contributed by atoms with E-state index < -0.39 is 5.97 Å². The van der Waals surface area contributed by atoms with Crippen LogP contribution in [-0.2, 0) is 9.59 Å². The number of aliphatic carboxylic acids is 1. The van der Waals surface area contributed by atoms with E-state index in [2.05, 4.69) is 6.58 Å². The van der Waals surface area contributed by atoms with Gasteiger partial charge >= 0.3 is 5.97 Å². The van der Waals surface area contributed by atoms with Crippen molar-refractivity contribution in [1.29, 1.82) is 0 Å². The van der Waals surface area contributed by atoms with Crippen molar-refractivity contribution >= 4 is 11.8 Å². The number of carbonyl (C=O) groups excluding carboxylic acids is 1. The predicted molar refractivity (Wildman–Crippen MR) is 73.6 cm³/mol. The number of carbonyl (C=O) groups is 2.